The first-order valence-corrected chi connectivity index (χ1v) is 17.3. The maximum atomic E-state index is 14.6. The monoisotopic (exact) mass is 735 g/mol. The van der Waals surface area contributed by atoms with Crippen LogP contribution in [0.3, 0.4) is 0 Å². The highest BCUT2D eigenvalue weighted by molar-refractivity contribution is 7.92. The van der Waals surface area contributed by atoms with Gasteiger partial charge in [-0.1, -0.05) is 6.07 Å². The van der Waals surface area contributed by atoms with E-state index in [4.69, 9.17) is 4.42 Å². The van der Waals surface area contributed by atoms with Crippen molar-refractivity contribution >= 4 is 53.6 Å². The Morgan fingerprint density at radius 1 is 1.00 bits per heavy atom. The minimum absolute atomic E-state index is 0.00237. The van der Waals surface area contributed by atoms with Gasteiger partial charge in [-0.3, -0.25) is 9.10 Å². The number of nitrogens with zero attached hydrogens (tertiary/aromatic N) is 3. The summed E-state index contributed by atoms with van der Waals surface area (Å²) in [6, 6.07) is 12.6. The highest BCUT2D eigenvalue weighted by Gasteiger charge is 2.49. The molecule has 6 rings (SSSR count). The largest absolute Gasteiger partial charge is 0.534 e. The van der Waals surface area contributed by atoms with Gasteiger partial charge in [-0.15, -0.1) is 0 Å². The number of sulfonamides is 1. The van der Waals surface area contributed by atoms with Gasteiger partial charge < -0.3 is 18.9 Å². The molecule has 260 valence electrons. The Balaban J connectivity index is 1.66. The molecule has 0 aliphatic heterocycles. The summed E-state index contributed by atoms with van der Waals surface area (Å²) in [7, 11) is -7.76. The third kappa shape index (κ3) is 6.09. The number of alkyl halides is 3. The SMILES string of the molecule is CNC(=O)c1c(-c2ccc(F)cc2)oc2cc(N(C)S(C)(=O)=O)c(-c3cnc(OS(=O)(=O)C(F)(F)F)c(-c4cc5c(F)cccc5[nH]4)n3)cc12. The summed E-state index contributed by atoms with van der Waals surface area (Å²) in [5.74, 6) is -3.07. The molecule has 0 atom stereocenters. The fraction of sp³-hybridized carbons (Fsp3) is 0.129. The van der Waals surface area contributed by atoms with E-state index in [2.05, 4.69) is 24.5 Å². The Bertz CT molecular complexity index is 2550. The molecule has 0 spiro atoms. The molecular weight excluding hydrogens is 713 g/mol. The number of amides is 1. The molecule has 0 aliphatic carbocycles. The lowest BCUT2D eigenvalue weighted by Crippen LogP contribution is -2.28. The molecule has 2 N–H and O–H groups in total. The zero-order chi connectivity index (χ0) is 36.3. The van der Waals surface area contributed by atoms with Gasteiger partial charge in [0.15, 0.2) is 5.69 Å². The van der Waals surface area contributed by atoms with Crippen LogP contribution >= 0.6 is 0 Å². The van der Waals surface area contributed by atoms with Gasteiger partial charge in [0.25, 0.3) is 11.8 Å². The predicted molar refractivity (Wildman–Crippen MR) is 172 cm³/mol. The fourth-order valence-electron chi connectivity index (χ4n) is 5.07. The van der Waals surface area contributed by atoms with Crippen molar-refractivity contribution in [2.75, 3.05) is 24.7 Å². The zero-order valence-corrected chi connectivity index (χ0v) is 27.4. The number of hydrogen-bond donors (Lipinski definition) is 2. The van der Waals surface area contributed by atoms with E-state index in [-0.39, 0.29) is 55.8 Å². The van der Waals surface area contributed by atoms with Gasteiger partial charge in [0.2, 0.25) is 10.0 Å². The fourth-order valence-corrected chi connectivity index (χ4v) is 6.01. The molecule has 0 fully saturated rings. The average molecular weight is 736 g/mol. The Labute approximate surface area is 279 Å². The van der Waals surface area contributed by atoms with Gasteiger partial charge in [-0.2, -0.15) is 21.6 Å². The quantitative estimate of drug-likeness (QED) is 0.109. The van der Waals surface area contributed by atoms with Gasteiger partial charge in [-0.05, 0) is 48.5 Å². The highest BCUT2D eigenvalue weighted by atomic mass is 32.2. The molecule has 3 aromatic carbocycles. The van der Waals surface area contributed by atoms with Gasteiger partial charge in [0.1, 0.15) is 23.0 Å². The summed E-state index contributed by atoms with van der Waals surface area (Å²) in [5.41, 5.74) is -6.68. The van der Waals surface area contributed by atoms with Crippen LogP contribution in [0.15, 0.2) is 71.3 Å². The lowest BCUT2D eigenvalue weighted by atomic mass is 10.0. The van der Waals surface area contributed by atoms with Crippen molar-refractivity contribution in [3.63, 3.8) is 0 Å². The Morgan fingerprint density at radius 2 is 1.70 bits per heavy atom. The molecule has 0 saturated carbocycles. The summed E-state index contributed by atoms with van der Waals surface area (Å²) < 4.78 is 129. The second-order valence-electron chi connectivity index (χ2n) is 10.8. The van der Waals surface area contributed by atoms with E-state index in [9.17, 15) is 43.6 Å². The lowest BCUT2D eigenvalue weighted by molar-refractivity contribution is -0.0501. The number of H-pyrrole nitrogens is 1. The van der Waals surface area contributed by atoms with E-state index in [1.807, 2.05) is 0 Å². The molecule has 12 nitrogen and oxygen atoms in total. The number of aromatic nitrogens is 3. The summed E-state index contributed by atoms with van der Waals surface area (Å²) >= 11 is 0. The summed E-state index contributed by atoms with van der Waals surface area (Å²) in [6.07, 6.45) is 1.72. The topological polar surface area (TPSA) is 165 Å². The van der Waals surface area contributed by atoms with E-state index >= 15 is 0 Å². The maximum absolute atomic E-state index is 14.6. The first kappa shape index (κ1) is 34.3. The van der Waals surface area contributed by atoms with E-state index in [0.29, 0.717) is 5.56 Å². The molecule has 0 saturated heterocycles. The molecule has 0 aliphatic rings. The number of fused-ring (bicyclic) bond motifs is 2. The molecule has 19 heteroatoms. The van der Waals surface area contributed by atoms with Crippen LogP contribution in [0.2, 0.25) is 0 Å². The lowest BCUT2D eigenvalue weighted by Gasteiger charge is -2.20. The van der Waals surface area contributed by atoms with Crippen molar-refractivity contribution in [1.82, 2.24) is 20.3 Å². The first-order valence-electron chi connectivity index (χ1n) is 14.1. The predicted octanol–water partition coefficient (Wildman–Crippen LogP) is 5.97. The van der Waals surface area contributed by atoms with Crippen LogP contribution in [-0.2, 0) is 20.1 Å². The van der Waals surface area contributed by atoms with E-state index in [0.717, 1.165) is 41.0 Å². The molecule has 0 unspecified atom stereocenters. The van der Waals surface area contributed by atoms with Crippen molar-refractivity contribution in [2.45, 2.75) is 5.51 Å². The summed E-state index contributed by atoms with van der Waals surface area (Å²) in [5, 5.41) is 2.57. The number of rotatable bonds is 8. The standard InChI is InChI=1S/C31H22F5N5O7S2/c1-37-29(42)26-19-11-18(24(41(2)49(3,43)44)13-25(19)47-28(26)15-7-9-16(32)10-8-15)23-14-38-30(48-50(45,46)31(34,35)36)27(40-23)22-12-17-20(33)5-4-6-21(17)39-22/h4-14,39H,1-3H3,(H,37,42). The number of benzene rings is 3. The minimum atomic E-state index is -6.27. The number of anilines is 1. The number of hydrogen-bond acceptors (Lipinski definition) is 9. The molecular formula is C31H22F5N5O7S2. The van der Waals surface area contributed by atoms with E-state index < -0.39 is 54.8 Å². The first-order chi connectivity index (χ1) is 23.4. The maximum Gasteiger partial charge on any atom is 0.534 e. The van der Waals surface area contributed by atoms with Crippen molar-refractivity contribution in [3.05, 3.63) is 84.1 Å². The molecule has 3 heterocycles. The molecule has 3 aromatic heterocycles. The van der Waals surface area contributed by atoms with Crippen molar-refractivity contribution in [2.24, 2.45) is 0 Å². The van der Waals surface area contributed by atoms with Crippen molar-refractivity contribution < 1.29 is 52.2 Å². The van der Waals surface area contributed by atoms with Crippen molar-refractivity contribution in [3.8, 4) is 39.8 Å². The van der Waals surface area contributed by atoms with Crippen LogP contribution in [0.1, 0.15) is 10.4 Å². The number of carbonyl (C=O) groups excluding carboxylic acids is 1. The Kier molecular flexibility index (Phi) is 8.30. The van der Waals surface area contributed by atoms with E-state index in [1.54, 1.807) is 0 Å². The minimum Gasteiger partial charge on any atom is -0.455 e. The van der Waals surface area contributed by atoms with Gasteiger partial charge in [0, 0.05) is 47.6 Å². The van der Waals surface area contributed by atoms with Crippen LogP contribution < -0.4 is 13.8 Å². The second kappa shape index (κ2) is 12.1. The molecule has 50 heavy (non-hydrogen) atoms. The summed E-state index contributed by atoms with van der Waals surface area (Å²) in [6.45, 7) is 0. The smallest absolute Gasteiger partial charge is 0.455 e. The molecule has 0 bridgehead atoms. The highest BCUT2D eigenvalue weighted by Crippen LogP contribution is 2.42. The van der Waals surface area contributed by atoms with Crippen LogP contribution in [0.25, 0.3) is 55.8 Å². The third-order valence-corrected chi connectivity index (χ3v) is 9.69. The zero-order valence-electron chi connectivity index (χ0n) is 25.8. The van der Waals surface area contributed by atoms with Crippen LogP contribution in [-0.4, -0.2) is 63.6 Å². The van der Waals surface area contributed by atoms with E-state index in [1.165, 1.54) is 50.5 Å². The van der Waals surface area contributed by atoms with Crippen LogP contribution in [0, 0.1) is 11.6 Å². The third-order valence-electron chi connectivity index (χ3n) is 7.56. The number of halogens is 5. The molecule has 6 aromatic rings. The van der Waals surface area contributed by atoms with Crippen molar-refractivity contribution in [1.29, 1.82) is 0 Å². The van der Waals surface area contributed by atoms with Crippen LogP contribution in [0.5, 0.6) is 5.88 Å². The normalized spacial score (nSPS) is 12.4. The summed E-state index contributed by atoms with van der Waals surface area (Å²) in [4.78, 5) is 24.1. The van der Waals surface area contributed by atoms with Gasteiger partial charge in [0.05, 0.1) is 35.1 Å². The number of aromatic amines is 1. The Hall–Kier alpha value is -5.56. The number of nitrogens with one attached hydrogen (secondary N) is 2. The average Bonchev–Trinajstić information content (AvgIpc) is 3.65. The van der Waals surface area contributed by atoms with Gasteiger partial charge in [-0.25, -0.2) is 27.2 Å². The molecule has 1 amide bonds. The number of carbonyl (C=O) groups is 1. The second-order valence-corrected chi connectivity index (χ2v) is 14.3. The number of furan rings is 1. The molecule has 0 radical (unpaired) electrons. The van der Waals surface area contributed by atoms with Crippen LogP contribution in [0.4, 0.5) is 27.6 Å². The van der Waals surface area contributed by atoms with Gasteiger partial charge >= 0.3 is 15.6 Å². The Morgan fingerprint density at radius 3 is 2.32 bits per heavy atom.